The maximum absolute atomic E-state index is 13.3. The number of esters is 2. The molecule has 1 saturated heterocycles. The average molecular weight is 227 g/mol. The third kappa shape index (κ3) is 1.91. The van der Waals surface area contributed by atoms with Crippen LogP contribution in [0.25, 0.3) is 0 Å². The van der Waals surface area contributed by atoms with Gasteiger partial charge in [0.05, 0.1) is 25.2 Å². The van der Waals surface area contributed by atoms with E-state index in [9.17, 15) is 18.4 Å². The summed E-state index contributed by atoms with van der Waals surface area (Å²) in [6, 6.07) is 0. The lowest BCUT2D eigenvalue weighted by molar-refractivity contribution is -0.163. The fourth-order valence-corrected chi connectivity index (χ4v) is 1.70. The van der Waals surface area contributed by atoms with Gasteiger partial charge in [-0.25, -0.2) is 8.78 Å². The summed E-state index contributed by atoms with van der Waals surface area (Å²) in [4.78, 5) is 25.3. The molecular weight excluding hydrogens is 220 g/mol. The quantitative estimate of drug-likeness (QED) is 0.536. The minimum Gasteiger partial charge on any atom is -0.393 e. The van der Waals surface area contributed by atoms with Crippen LogP contribution < -0.4 is 0 Å². The molecule has 0 amide bonds. The molecule has 84 valence electrons. The molecule has 1 aromatic rings. The highest BCUT2D eigenvalue weighted by Crippen LogP contribution is 2.31. The first-order valence-electron chi connectivity index (χ1n) is 4.60. The summed E-state index contributed by atoms with van der Waals surface area (Å²) in [7, 11) is 0. The normalized spacial score (nSPS) is 17.4. The number of hydrogen-bond acceptors (Lipinski definition) is 4. The van der Waals surface area contributed by atoms with Crippen LogP contribution in [-0.4, -0.2) is 16.9 Å². The smallest absolute Gasteiger partial charge is 0.314 e. The molecule has 1 aliphatic heterocycles. The van der Waals surface area contributed by atoms with Crippen molar-refractivity contribution in [3.63, 3.8) is 0 Å². The van der Waals surface area contributed by atoms with Crippen molar-refractivity contribution in [2.75, 3.05) is 0 Å². The lowest BCUT2D eigenvalue weighted by Gasteiger charge is -2.20. The summed E-state index contributed by atoms with van der Waals surface area (Å²) in [6.45, 7) is 0. The molecule has 0 saturated carbocycles. The molecule has 2 heterocycles. The second-order valence-corrected chi connectivity index (χ2v) is 3.47. The number of aromatic nitrogens is 1. The van der Waals surface area contributed by atoms with E-state index in [0.29, 0.717) is 0 Å². The van der Waals surface area contributed by atoms with Crippen LogP contribution in [-0.2, 0) is 14.3 Å². The number of carbonyl (C=O) groups excluding carboxylic acids is 2. The molecule has 0 bridgehead atoms. The molecule has 1 aromatic heterocycles. The van der Waals surface area contributed by atoms with Crippen LogP contribution in [0.3, 0.4) is 0 Å². The summed E-state index contributed by atoms with van der Waals surface area (Å²) < 4.78 is 30.9. The van der Waals surface area contributed by atoms with Crippen LogP contribution in [0.4, 0.5) is 8.78 Å². The molecule has 16 heavy (non-hydrogen) atoms. The van der Waals surface area contributed by atoms with Crippen molar-refractivity contribution >= 4 is 11.9 Å². The van der Waals surface area contributed by atoms with Gasteiger partial charge < -0.3 is 4.74 Å². The number of hydrogen-bond donors (Lipinski definition) is 0. The standard InChI is InChI=1S/C10H7F2NO3/c11-6-3-13-4-7(12)10(6)5-1-8(14)16-9(15)2-5/h3-5H,1-2H2. The number of ether oxygens (including phenoxy) is 1. The molecule has 1 fully saturated rings. The van der Waals surface area contributed by atoms with Gasteiger partial charge in [-0.2, -0.15) is 0 Å². The first kappa shape index (κ1) is 10.7. The van der Waals surface area contributed by atoms with E-state index in [1.54, 1.807) is 0 Å². The minimum absolute atomic E-state index is 0.205. The Morgan fingerprint density at radius 3 is 2.12 bits per heavy atom. The summed E-state index contributed by atoms with van der Waals surface area (Å²) in [5.74, 6) is -4.05. The molecule has 1 aliphatic rings. The third-order valence-corrected chi connectivity index (χ3v) is 2.35. The molecule has 0 spiro atoms. The summed E-state index contributed by atoms with van der Waals surface area (Å²) in [6.07, 6.45) is 1.29. The van der Waals surface area contributed by atoms with Gasteiger partial charge in [-0.05, 0) is 0 Å². The van der Waals surface area contributed by atoms with Crippen LogP contribution >= 0.6 is 0 Å². The molecule has 0 unspecified atom stereocenters. The number of carbonyl (C=O) groups is 2. The SMILES string of the molecule is O=C1CC(c2c(F)cncc2F)CC(=O)O1. The average Bonchev–Trinajstić information content (AvgIpc) is 2.15. The monoisotopic (exact) mass is 227 g/mol. The van der Waals surface area contributed by atoms with Gasteiger partial charge in [0.1, 0.15) is 11.6 Å². The highest BCUT2D eigenvalue weighted by Gasteiger charge is 2.32. The predicted molar refractivity (Wildman–Crippen MR) is 47.2 cm³/mol. The van der Waals surface area contributed by atoms with Crippen LogP contribution in [0.15, 0.2) is 12.4 Å². The minimum atomic E-state index is -0.854. The summed E-state index contributed by atoms with van der Waals surface area (Å²) >= 11 is 0. The molecule has 6 heteroatoms. The van der Waals surface area contributed by atoms with Gasteiger partial charge in [0.2, 0.25) is 0 Å². The first-order chi connectivity index (χ1) is 7.58. The Balaban J connectivity index is 2.36. The Hall–Kier alpha value is -1.85. The van der Waals surface area contributed by atoms with Crippen LogP contribution in [0.5, 0.6) is 0 Å². The second-order valence-electron chi connectivity index (χ2n) is 3.47. The van der Waals surface area contributed by atoms with Crippen molar-refractivity contribution in [3.05, 3.63) is 29.6 Å². The topological polar surface area (TPSA) is 56.3 Å². The molecule has 0 aromatic carbocycles. The van der Waals surface area contributed by atoms with E-state index in [0.717, 1.165) is 12.4 Å². The third-order valence-electron chi connectivity index (χ3n) is 2.35. The Bertz CT molecular complexity index is 425. The molecule has 2 rings (SSSR count). The van der Waals surface area contributed by atoms with Crippen molar-refractivity contribution in [2.45, 2.75) is 18.8 Å². The molecule has 0 N–H and O–H groups in total. The highest BCUT2D eigenvalue weighted by molar-refractivity contribution is 5.89. The zero-order chi connectivity index (χ0) is 11.7. The van der Waals surface area contributed by atoms with Crippen molar-refractivity contribution in [1.29, 1.82) is 0 Å². The fourth-order valence-electron chi connectivity index (χ4n) is 1.70. The van der Waals surface area contributed by atoms with Gasteiger partial charge in [0.25, 0.3) is 0 Å². The Morgan fingerprint density at radius 2 is 1.62 bits per heavy atom. The zero-order valence-corrected chi connectivity index (χ0v) is 8.07. The van der Waals surface area contributed by atoms with Gasteiger partial charge in [-0.3, -0.25) is 14.6 Å². The molecule has 0 atom stereocenters. The maximum Gasteiger partial charge on any atom is 0.314 e. The Morgan fingerprint density at radius 1 is 1.12 bits per heavy atom. The fraction of sp³-hybridized carbons (Fsp3) is 0.300. The Labute approximate surface area is 89.2 Å². The van der Waals surface area contributed by atoms with Gasteiger partial charge in [-0.1, -0.05) is 0 Å². The first-order valence-corrected chi connectivity index (χ1v) is 4.60. The number of halogens is 2. The summed E-state index contributed by atoms with van der Waals surface area (Å²) in [5, 5.41) is 0. The molecule has 0 aliphatic carbocycles. The van der Waals surface area contributed by atoms with E-state index in [-0.39, 0.29) is 18.4 Å². The number of cyclic esters (lactones) is 2. The van der Waals surface area contributed by atoms with Crippen molar-refractivity contribution in [2.24, 2.45) is 0 Å². The predicted octanol–water partition coefficient (Wildman–Crippen LogP) is 1.31. The number of nitrogens with zero attached hydrogens (tertiary/aromatic N) is 1. The Kier molecular flexibility index (Phi) is 2.64. The van der Waals surface area contributed by atoms with E-state index >= 15 is 0 Å². The van der Waals surface area contributed by atoms with E-state index in [1.165, 1.54) is 0 Å². The van der Waals surface area contributed by atoms with Gasteiger partial charge in [0.15, 0.2) is 0 Å². The van der Waals surface area contributed by atoms with Crippen molar-refractivity contribution in [3.8, 4) is 0 Å². The lowest BCUT2D eigenvalue weighted by Crippen LogP contribution is -2.25. The van der Waals surface area contributed by atoms with Gasteiger partial charge in [0, 0.05) is 11.5 Å². The second kappa shape index (κ2) is 3.96. The van der Waals surface area contributed by atoms with Crippen molar-refractivity contribution in [1.82, 2.24) is 4.98 Å². The van der Waals surface area contributed by atoms with E-state index < -0.39 is 29.5 Å². The van der Waals surface area contributed by atoms with Gasteiger partial charge in [-0.15, -0.1) is 0 Å². The molecule has 0 radical (unpaired) electrons. The highest BCUT2D eigenvalue weighted by atomic mass is 19.1. The van der Waals surface area contributed by atoms with E-state index in [4.69, 9.17) is 0 Å². The van der Waals surface area contributed by atoms with Crippen molar-refractivity contribution < 1.29 is 23.1 Å². The number of rotatable bonds is 1. The molecule has 4 nitrogen and oxygen atoms in total. The van der Waals surface area contributed by atoms with Crippen LogP contribution in [0, 0.1) is 11.6 Å². The van der Waals surface area contributed by atoms with E-state index in [2.05, 4.69) is 9.72 Å². The lowest BCUT2D eigenvalue weighted by atomic mass is 9.91. The van der Waals surface area contributed by atoms with Gasteiger partial charge >= 0.3 is 11.9 Å². The van der Waals surface area contributed by atoms with Crippen LogP contribution in [0.2, 0.25) is 0 Å². The molecular formula is C10H7F2NO3. The van der Waals surface area contributed by atoms with E-state index in [1.807, 2.05) is 0 Å². The maximum atomic E-state index is 13.3. The zero-order valence-electron chi connectivity index (χ0n) is 8.07. The largest absolute Gasteiger partial charge is 0.393 e. The number of pyridine rings is 1. The summed E-state index contributed by atoms with van der Waals surface area (Å²) in [5.41, 5.74) is -0.278. The van der Waals surface area contributed by atoms with Crippen LogP contribution in [0.1, 0.15) is 24.3 Å².